The van der Waals surface area contributed by atoms with E-state index >= 15 is 0 Å². The van der Waals surface area contributed by atoms with Gasteiger partial charge in [-0.2, -0.15) is 0 Å². The number of rotatable bonds is 2. The first kappa shape index (κ1) is 14.6. The second-order valence-electron chi connectivity index (χ2n) is 4.80. The molecule has 0 amide bonds. The normalized spacial score (nSPS) is 15.3. The van der Waals surface area contributed by atoms with Gasteiger partial charge in [0.05, 0.1) is 12.7 Å². The number of carbonyl (C=O) groups excluding carboxylic acids is 1. The van der Waals surface area contributed by atoms with Gasteiger partial charge in [-0.05, 0) is 36.4 Å². The highest BCUT2D eigenvalue weighted by atomic mass is 79.9. The molecule has 2 aromatic carbocycles. The maximum Gasteiger partial charge on any atom is 0.337 e. The van der Waals surface area contributed by atoms with E-state index in [9.17, 15) is 14.7 Å². The third-order valence-electron chi connectivity index (χ3n) is 3.49. The summed E-state index contributed by atoms with van der Waals surface area (Å²) < 4.78 is 11.2. The molecular weight excluding hydrogens is 352 g/mol. The summed E-state index contributed by atoms with van der Waals surface area (Å²) in [6.07, 6.45) is 0. The Morgan fingerprint density at radius 3 is 2.41 bits per heavy atom. The van der Waals surface area contributed by atoms with E-state index in [4.69, 9.17) is 4.74 Å². The molecule has 1 unspecified atom stereocenters. The van der Waals surface area contributed by atoms with E-state index in [1.807, 2.05) is 0 Å². The largest absolute Gasteiger partial charge is 0.481 e. The molecule has 1 aliphatic rings. The van der Waals surface area contributed by atoms with Crippen LogP contribution in [0.4, 0.5) is 0 Å². The molecule has 1 atom stereocenters. The fraction of sp³-hybridized carbons (Fsp3) is 0.125. The second-order valence-corrected chi connectivity index (χ2v) is 5.72. The van der Waals surface area contributed by atoms with Crippen LogP contribution >= 0.6 is 15.9 Å². The third kappa shape index (κ3) is 2.35. The SMILES string of the molecule is COC(=O)c1ccc2c(c1)C(C(=O)O)c1cc(Br)ccc1O2. The standard InChI is InChI=1S/C16H11BrO5/c1-21-16(20)8-2-4-12-10(6-8)14(15(18)19)11-7-9(17)3-5-13(11)22-12/h2-7,14H,1H3,(H,18,19). The zero-order valence-electron chi connectivity index (χ0n) is 11.5. The Hall–Kier alpha value is -2.34. The Bertz CT molecular complexity index is 784. The summed E-state index contributed by atoms with van der Waals surface area (Å²) in [6.45, 7) is 0. The summed E-state index contributed by atoms with van der Waals surface area (Å²) in [4.78, 5) is 23.4. The average Bonchev–Trinajstić information content (AvgIpc) is 2.51. The third-order valence-corrected chi connectivity index (χ3v) is 3.98. The molecule has 1 aliphatic heterocycles. The molecule has 5 nitrogen and oxygen atoms in total. The summed E-state index contributed by atoms with van der Waals surface area (Å²) in [5.41, 5.74) is 1.26. The summed E-state index contributed by atoms with van der Waals surface area (Å²) in [7, 11) is 1.28. The van der Waals surface area contributed by atoms with E-state index in [-0.39, 0.29) is 5.56 Å². The fourth-order valence-corrected chi connectivity index (χ4v) is 2.88. The highest BCUT2D eigenvalue weighted by Gasteiger charge is 2.33. The van der Waals surface area contributed by atoms with Crippen molar-refractivity contribution in [1.82, 2.24) is 0 Å². The van der Waals surface area contributed by atoms with Gasteiger partial charge in [-0.3, -0.25) is 4.79 Å². The molecule has 0 radical (unpaired) electrons. The minimum absolute atomic E-state index is 0.287. The summed E-state index contributed by atoms with van der Waals surface area (Å²) in [5, 5.41) is 9.62. The average molecular weight is 363 g/mol. The van der Waals surface area contributed by atoms with Gasteiger partial charge in [0.2, 0.25) is 0 Å². The van der Waals surface area contributed by atoms with Crippen molar-refractivity contribution < 1.29 is 24.2 Å². The highest BCUT2D eigenvalue weighted by molar-refractivity contribution is 9.10. The minimum Gasteiger partial charge on any atom is -0.481 e. The number of methoxy groups -OCH3 is 1. The van der Waals surface area contributed by atoms with Crippen molar-refractivity contribution in [2.45, 2.75) is 5.92 Å². The van der Waals surface area contributed by atoms with Crippen molar-refractivity contribution in [3.63, 3.8) is 0 Å². The second kappa shape index (κ2) is 5.46. The maximum absolute atomic E-state index is 11.8. The van der Waals surface area contributed by atoms with Crippen LogP contribution in [0.15, 0.2) is 40.9 Å². The first-order valence-electron chi connectivity index (χ1n) is 6.43. The van der Waals surface area contributed by atoms with E-state index in [0.717, 1.165) is 4.47 Å². The highest BCUT2D eigenvalue weighted by Crippen LogP contribution is 2.45. The van der Waals surface area contributed by atoms with E-state index in [1.54, 1.807) is 30.3 Å². The molecule has 3 rings (SSSR count). The Kier molecular flexibility index (Phi) is 3.62. The Morgan fingerprint density at radius 2 is 1.77 bits per heavy atom. The zero-order chi connectivity index (χ0) is 15.9. The van der Waals surface area contributed by atoms with Gasteiger partial charge in [-0.25, -0.2) is 4.79 Å². The van der Waals surface area contributed by atoms with Gasteiger partial charge in [-0.15, -0.1) is 0 Å². The van der Waals surface area contributed by atoms with Crippen LogP contribution in [0, 0.1) is 0 Å². The number of halogens is 1. The lowest BCUT2D eigenvalue weighted by molar-refractivity contribution is -0.137. The van der Waals surface area contributed by atoms with Crippen molar-refractivity contribution in [3.8, 4) is 11.5 Å². The molecule has 0 spiro atoms. The first-order valence-corrected chi connectivity index (χ1v) is 7.23. The molecule has 0 saturated carbocycles. The van der Waals surface area contributed by atoms with Crippen LogP contribution in [0.3, 0.4) is 0 Å². The zero-order valence-corrected chi connectivity index (χ0v) is 13.1. The van der Waals surface area contributed by atoms with E-state index in [0.29, 0.717) is 22.6 Å². The summed E-state index contributed by atoms with van der Waals surface area (Å²) in [5.74, 6) is -1.51. The lowest BCUT2D eigenvalue weighted by atomic mass is 9.87. The van der Waals surface area contributed by atoms with Gasteiger partial charge in [0.1, 0.15) is 17.4 Å². The van der Waals surface area contributed by atoms with Crippen molar-refractivity contribution in [2.24, 2.45) is 0 Å². The smallest absolute Gasteiger partial charge is 0.337 e. The molecule has 0 aromatic heterocycles. The van der Waals surface area contributed by atoms with E-state index < -0.39 is 17.9 Å². The fourth-order valence-electron chi connectivity index (χ4n) is 2.50. The maximum atomic E-state index is 11.8. The number of benzene rings is 2. The van der Waals surface area contributed by atoms with Gasteiger partial charge in [-0.1, -0.05) is 15.9 Å². The van der Waals surface area contributed by atoms with Crippen molar-refractivity contribution in [3.05, 3.63) is 57.6 Å². The molecule has 112 valence electrons. The topological polar surface area (TPSA) is 72.8 Å². The molecule has 6 heteroatoms. The van der Waals surface area contributed by atoms with Crippen LogP contribution in [-0.2, 0) is 9.53 Å². The van der Waals surface area contributed by atoms with Crippen molar-refractivity contribution in [1.29, 1.82) is 0 Å². The van der Waals surface area contributed by atoms with Crippen LogP contribution in [0.2, 0.25) is 0 Å². The molecule has 1 N–H and O–H groups in total. The number of aliphatic carboxylic acids is 1. The molecule has 1 heterocycles. The Morgan fingerprint density at radius 1 is 1.14 bits per heavy atom. The van der Waals surface area contributed by atoms with Crippen LogP contribution < -0.4 is 4.74 Å². The number of carbonyl (C=O) groups is 2. The number of carboxylic acids is 1. The number of esters is 1. The lowest BCUT2D eigenvalue weighted by Crippen LogP contribution is -2.19. The Balaban J connectivity index is 2.18. The van der Waals surface area contributed by atoms with E-state index in [2.05, 4.69) is 20.7 Å². The summed E-state index contributed by atoms with van der Waals surface area (Å²) >= 11 is 3.33. The van der Waals surface area contributed by atoms with Crippen LogP contribution in [-0.4, -0.2) is 24.2 Å². The Labute approximate surface area is 134 Å². The number of carboxylic acid groups (broad SMARTS) is 1. The van der Waals surface area contributed by atoms with E-state index in [1.165, 1.54) is 13.2 Å². The number of hydrogen-bond donors (Lipinski definition) is 1. The van der Waals surface area contributed by atoms with Crippen molar-refractivity contribution in [2.75, 3.05) is 7.11 Å². The predicted molar refractivity (Wildman–Crippen MR) is 81.5 cm³/mol. The molecule has 0 fully saturated rings. The van der Waals surface area contributed by atoms with Gasteiger partial charge in [0, 0.05) is 15.6 Å². The molecule has 2 aromatic rings. The molecule has 0 saturated heterocycles. The predicted octanol–water partition coefficient (Wildman–Crippen LogP) is 3.56. The molecule has 0 aliphatic carbocycles. The monoisotopic (exact) mass is 362 g/mol. The van der Waals surface area contributed by atoms with Crippen molar-refractivity contribution >= 4 is 27.9 Å². The molecule has 22 heavy (non-hydrogen) atoms. The van der Waals surface area contributed by atoms with Gasteiger partial charge >= 0.3 is 11.9 Å². The van der Waals surface area contributed by atoms with Gasteiger partial charge in [0.25, 0.3) is 0 Å². The lowest BCUT2D eigenvalue weighted by Gasteiger charge is -2.26. The van der Waals surface area contributed by atoms with Gasteiger partial charge < -0.3 is 14.6 Å². The number of ether oxygens (including phenoxy) is 2. The van der Waals surface area contributed by atoms with Crippen LogP contribution in [0.25, 0.3) is 0 Å². The van der Waals surface area contributed by atoms with Gasteiger partial charge in [0.15, 0.2) is 0 Å². The number of fused-ring (bicyclic) bond motifs is 2. The molecule has 0 bridgehead atoms. The first-order chi connectivity index (χ1) is 10.5. The van der Waals surface area contributed by atoms with Crippen LogP contribution in [0.5, 0.6) is 11.5 Å². The summed E-state index contributed by atoms with van der Waals surface area (Å²) in [6, 6.07) is 9.85. The van der Waals surface area contributed by atoms with Crippen LogP contribution in [0.1, 0.15) is 27.4 Å². The minimum atomic E-state index is -1.01. The quantitative estimate of drug-likeness (QED) is 0.826. The molecular formula is C16H11BrO5. The number of hydrogen-bond acceptors (Lipinski definition) is 4.